The van der Waals surface area contributed by atoms with Crippen LogP contribution in [-0.2, 0) is 6.54 Å². The molecule has 0 spiro atoms. The highest BCUT2D eigenvalue weighted by Crippen LogP contribution is 2.38. The highest BCUT2D eigenvalue weighted by molar-refractivity contribution is 6.02. The van der Waals surface area contributed by atoms with Crippen molar-refractivity contribution in [2.75, 3.05) is 5.32 Å². The summed E-state index contributed by atoms with van der Waals surface area (Å²) in [5.74, 6) is 0.732. The van der Waals surface area contributed by atoms with E-state index < -0.39 is 0 Å². The summed E-state index contributed by atoms with van der Waals surface area (Å²) in [6.07, 6.45) is 5.90. The van der Waals surface area contributed by atoms with E-state index in [0.717, 1.165) is 12.5 Å². The number of rotatable bonds is 3. The number of anilines is 1. The fourth-order valence-corrected chi connectivity index (χ4v) is 3.34. The Morgan fingerprint density at radius 3 is 2.64 bits per heavy atom. The van der Waals surface area contributed by atoms with Gasteiger partial charge in [0.2, 0.25) is 0 Å². The molecule has 0 amide bonds. The normalized spacial score (nSPS) is 16.0. The van der Waals surface area contributed by atoms with Gasteiger partial charge in [0, 0.05) is 29.4 Å². The van der Waals surface area contributed by atoms with Crippen molar-refractivity contribution in [2.24, 2.45) is 5.92 Å². The van der Waals surface area contributed by atoms with Gasteiger partial charge in [0.25, 0.3) is 0 Å². The molecule has 3 heteroatoms. The van der Waals surface area contributed by atoms with Crippen LogP contribution < -0.4 is 5.32 Å². The summed E-state index contributed by atoms with van der Waals surface area (Å²) in [5, 5.41) is 5.06. The third kappa shape index (κ3) is 3.03. The lowest BCUT2D eigenvalue weighted by Crippen LogP contribution is -2.27. The highest BCUT2D eigenvalue weighted by atomic mass is 35.5. The third-order valence-electron chi connectivity index (χ3n) is 4.31. The van der Waals surface area contributed by atoms with Gasteiger partial charge in [0.05, 0.1) is 11.1 Å². The quantitative estimate of drug-likeness (QED) is 0.766. The van der Waals surface area contributed by atoms with E-state index in [9.17, 15) is 0 Å². The highest BCUT2D eigenvalue weighted by Gasteiger charge is 2.23. The van der Waals surface area contributed by atoms with E-state index in [1.165, 1.54) is 34.1 Å². The summed E-state index contributed by atoms with van der Waals surface area (Å²) in [5.41, 5.74) is 5.34. The molecule has 22 heavy (non-hydrogen) atoms. The molecule has 0 radical (unpaired) electrons. The molecule has 120 valence electrons. The van der Waals surface area contributed by atoms with Crippen molar-refractivity contribution in [3.63, 3.8) is 0 Å². The minimum atomic E-state index is -0.00680. The largest absolute Gasteiger partial charge is 0.376 e. The van der Waals surface area contributed by atoms with Crippen LogP contribution in [-0.4, -0.2) is 10.1 Å². The minimum absolute atomic E-state index is 0. The Labute approximate surface area is 140 Å². The first-order chi connectivity index (χ1) is 9.87. The zero-order chi connectivity index (χ0) is 15.2. The molecule has 1 aliphatic heterocycles. The molecule has 0 saturated heterocycles. The molecular weight excluding hydrogens is 292 g/mol. The van der Waals surface area contributed by atoms with Crippen LogP contribution in [0.15, 0.2) is 30.5 Å². The summed E-state index contributed by atoms with van der Waals surface area (Å²) in [4.78, 5) is 0. The number of halogens is 1. The van der Waals surface area contributed by atoms with Crippen LogP contribution in [0.3, 0.4) is 0 Å². The van der Waals surface area contributed by atoms with Gasteiger partial charge in [0.1, 0.15) is 0 Å². The molecule has 2 heterocycles. The van der Waals surface area contributed by atoms with Crippen LogP contribution in [0.1, 0.15) is 46.6 Å². The molecule has 0 aliphatic carbocycles. The van der Waals surface area contributed by atoms with Crippen LogP contribution in [0.25, 0.3) is 16.5 Å². The van der Waals surface area contributed by atoms with Crippen LogP contribution in [0.2, 0.25) is 0 Å². The molecule has 0 fully saturated rings. The zero-order valence-electron chi connectivity index (χ0n) is 14.2. The topological polar surface area (TPSA) is 17.0 Å². The zero-order valence-corrected chi connectivity index (χ0v) is 15.1. The molecular formula is C19H27ClN2. The molecule has 1 N–H and O–H groups in total. The maximum absolute atomic E-state index is 3.68. The maximum Gasteiger partial charge on any atom is 0.0507 e. The van der Waals surface area contributed by atoms with Crippen molar-refractivity contribution >= 4 is 34.6 Å². The Balaban J connectivity index is 0.00000176. The molecule has 2 nitrogen and oxygen atoms in total. The molecule has 0 atom stereocenters. The molecule has 0 unspecified atom stereocenters. The Kier molecular flexibility index (Phi) is 4.62. The fourth-order valence-electron chi connectivity index (χ4n) is 3.34. The molecule has 1 aromatic heterocycles. The van der Waals surface area contributed by atoms with Crippen molar-refractivity contribution < 1.29 is 0 Å². The van der Waals surface area contributed by atoms with Gasteiger partial charge >= 0.3 is 0 Å². The predicted molar refractivity (Wildman–Crippen MR) is 100.0 cm³/mol. The monoisotopic (exact) mass is 318 g/mol. The summed E-state index contributed by atoms with van der Waals surface area (Å²) in [6.45, 7) is 12.4. The summed E-state index contributed by atoms with van der Waals surface area (Å²) in [7, 11) is 0. The average molecular weight is 319 g/mol. The Hall–Kier alpha value is -1.41. The van der Waals surface area contributed by atoms with Crippen molar-refractivity contribution in [1.29, 1.82) is 0 Å². The maximum atomic E-state index is 3.68. The predicted octanol–water partition coefficient (Wildman–Crippen LogP) is 5.72. The second kappa shape index (κ2) is 6.00. The van der Waals surface area contributed by atoms with Crippen molar-refractivity contribution in [3.05, 3.63) is 36.0 Å². The third-order valence-corrected chi connectivity index (χ3v) is 4.31. The van der Waals surface area contributed by atoms with E-state index in [1.54, 1.807) is 0 Å². The van der Waals surface area contributed by atoms with E-state index >= 15 is 0 Å². The number of hydrogen-bond acceptors (Lipinski definition) is 1. The van der Waals surface area contributed by atoms with Gasteiger partial charge in [-0.2, -0.15) is 0 Å². The van der Waals surface area contributed by atoms with Gasteiger partial charge in [-0.15, -0.1) is 12.4 Å². The number of aryl methyl sites for hydroxylation is 1. The lowest BCUT2D eigenvalue weighted by atomic mass is 10.0. The molecule has 3 rings (SSSR count). The Morgan fingerprint density at radius 2 is 1.95 bits per heavy atom. The number of hydrogen-bond donors (Lipinski definition) is 1. The number of aromatic nitrogens is 1. The van der Waals surface area contributed by atoms with Gasteiger partial charge in [-0.05, 0) is 50.8 Å². The van der Waals surface area contributed by atoms with Gasteiger partial charge in [0.15, 0.2) is 0 Å². The van der Waals surface area contributed by atoms with E-state index in [2.05, 4.69) is 75.0 Å². The van der Waals surface area contributed by atoms with Crippen molar-refractivity contribution in [2.45, 2.75) is 53.1 Å². The lowest BCUT2D eigenvalue weighted by molar-refractivity contribution is 0.524. The fraction of sp³-hybridized carbons (Fsp3) is 0.474. The average Bonchev–Trinajstić information content (AvgIpc) is 2.70. The second-order valence-corrected chi connectivity index (χ2v) is 7.29. The van der Waals surface area contributed by atoms with E-state index in [1.807, 2.05) is 0 Å². The first-order valence-electron chi connectivity index (χ1n) is 7.97. The number of nitrogens with one attached hydrogen (secondary N) is 1. The molecule has 1 aromatic carbocycles. The Morgan fingerprint density at radius 1 is 1.23 bits per heavy atom. The number of benzene rings is 1. The molecule has 1 aliphatic rings. The Bertz CT molecular complexity index is 708. The SMILES string of the molecule is CC1=CC(C)(C)Nc2cccc3c2c1cn3CCC(C)C.Cl. The van der Waals surface area contributed by atoms with Gasteiger partial charge in [-0.1, -0.05) is 26.0 Å². The number of allylic oxidation sites excluding steroid dienone is 1. The summed E-state index contributed by atoms with van der Waals surface area (Å²) >= 11 is 0. The van der Waals surface area contributed by atoms with Crippen LogP contribution in [0, 0.1) is 5.92 Å². The van der Waals surface area contributed by atoms with E-state index in [0.29, 0.717) is 0 Å². The molecule has 2 aromatic rings. The summed E-state index contributed by atoms with van der Waals surface area (Å²) < 4.78 is 2.42. The van der Waals surface area contributed by atoms with Gasteiger partial charge < -0.3 is 9.88 Å². The van der Waals surface area contributed by atoms with E-state index in [-0.39, 0.29) is 17.9 Å². The van der Waals surface area contributed by atoms with Crippen molar-refractivity contribution in [3.8, 4) is 0 Å². The minimum Gasteiger partial charge on any atom is -0.376 e. The number of nitrogens with zero attached hydrogens (tertiary/aromatic N) is 1. The van der Waals surface area contributed by atoms with Gasteiger partial charge in [-0.3, -0.25) is 0 Å². The first-order valence-corrected chi connectivity index (χ1v) is 7.97. The summed E-state index contributed by atoms with van der Waals surface area (Å²) in [6, 6.07) is 6.61. The van der Waals surface area contributed by atoms with E-state index in [4.69, 9.17) is 0 Å². The van der Waals surface area contributed by atoms with Crippen LogP contribution in [0.5, 0.6) is 0 Å². The first kappa shape index (κ1) is 17.0. The van der Waals surface area contributed by atoms with Crippen LogP contribution in [0.4, 0.5) is 5.69 Å². The molecule has 0 saturated carbocycles. The smallest absolute Gasteiger partial charge is 0.0507 e. The van der Waals surface area contributed by atoms with Crippen LogP contribution >= 0.6 is 12.4 Å². The van der Waals surface area contributed by atoms with Crippen molar-refractivity contribution in [1.82, 2.24) is 4.57 Å². The van der Waals surface area contributed by atoms with Gasteiger partial charge in [-0.25, -0.2) is 0 Å². The lowest BCUT2D eigenvalue weighted by Gasteiger charge is -2.23. The molecule has 0 bridgehead atoms. The second-order valence-electron chi connectivity index (χ2n) is 7.29. The standard InChI is InChI=1S/C19H26N2.ClH/c1-13(2)9-10-21-12-15-14(3)11-19(4,5)20-16-7-6-8-17(21)18(15)16;/h6-8,11-13,20H,9-10H2,1-5H3;1H.